The van der Waals surface area contributed by atoms with Crippen molar-refractivity contribution in [2.75, 3.05) is 5.73 Å². The van der Waals surface area contributed by atoms with Gasteiger partial charge in [0.05, 0.1) is 11.1 Å². The van der Waals surface area contributed by atoms with Crippen LogP contribution in [0.25, 0.3) is 27.5 Å². The number of nitrogens with zero attached hydrogens (tertiary/aromatic N) is 1. The van der Waals surface area contributed by atoms with Crippen LogP contribution in [0.5, 0.6) is 0 Å². The summed E-state index contributed by atoms with van der Waals surface area (Å²) in [4.78, 5) is 25.0. The number of para-hydroxylation sites is 2. The van der Waals surface area contributed by atoms with E-state index in [1.165, 1.54) is 0 Å². The van der Waals surface area contributed by atoms with Crippen molar-refractivity contribution in [3.05, 3.63) is 71.9 Å². The number of carbonyl (C=O) groups is 2. The van der Waals surface area contributed by atoms with Crippen molar-refractivity contribution in [3.8, 4) is 11.1 Å². The molecule has 0 atom stereocenters. The Balaban J connectivity index is 2.00. The summed E-state index contributed by atoms with van der Waals surface area (Å²) in [5.74, 6) is -0.777. The summed E-state index contributed by atoms with van der Waals surface area (Å²) in [6.45, 7) is 0. The third-order valence-corrected chi connectivity index (χ3v) is 4.68. The third kappa shape index (κ3) is 1.77. The minimum atomic E-state index is -0.391. The number of imide groups is 1. The van der Waals surface area contributed by atoms with Crippen LogP contribution in [-0.4, -0.2) is 16.2 Å². The van der Waals surface area contributed by atoms with Gasteiger partial charge in [-0.1, -0.05) is 36.4 Å². The van der Waals surface area contributed by atoms with Crippen LogP contribution in [-0.2, 0) is 0 Å². The Bertz CT molecular complexity index is 1220. The molecule has 0 saturated carbocycles. The van der Waals surface area contributed by atoms with Gasteiger partial charge in [-0.3, -0.25) is 14.9 Å². The van der Waals surface area contributed by atoms with Gasteiger partial charge in [0, 0.05) is 27.7 Å². The van der Waals surface area contributed by atoms with Gasteiger partial charge in [0.15, 0.2) is 0 Å². The van der Waals surface area contributed by atoms with Crippen LogP contribution in [0.3, 0.4) is 0 Å². The molecule has 0 spiro atoms. The molecule has 0 bridgehead atoms. The van der Waals surface area contributed by atoms with E-state index in [1.54, 1.807) is 6.07 Å². The molecular formula is C20H13N3O2. The predicted molar refractivity (Wildman–Crippen MR) is 96.5 cm³/mol. The highest BCUT2D eigenvalue weighted by atomic mass is 16.2. The molecule has 0 aliphatic carbocycles. The summed E-state index contributed by atoms with van der Waals surface area (Å²) in [6.07, 6.45) is 0. The quantitative estimate of drug-likeness (QED) is 0.416. The van der Waals surface area contributed by atoms with Crippen LogP contribution < -0.4 is 11.1 Å². The number of anilines is 1. The van der Waals surface area contributed by atoms with Crippen molar-refractivity contribution < 1.29 is 9.59 Å². The Labute approximate surface area is 142 Å². The third-order valence-electron chi connectivity index (χ3n) is 4.68. The van der Waals surface area contributed by atoms with Crippen LogP contribution >= 0.6 is 0 Å². The Morgan fingerprint density at radius 2 is 1.60 bits per heavy atom. The molecule has 0 saturated heterocycles. The molecule has 2 aromatic carbocycles. The molecule has 25 heavy (non-hydrogen) atoms. The van der Waals surface area contributed by atoms with Crippen molar-refractivity contribution >= 4 is 33.9 Å². The van der Waals surface area contributed by atoms with E-state index in [-0.39, 0.29) is 5.91 Å². The minimum Gasteiger partial charge on any atom is -0.398 e. The van der Waals surface area contributed by atoms with Gasteiger partial charge in [0.25, 0.3) is 11.8 Å². The first-order valence-corrected chi connectivity index (χ1v) is 7.93. The summed E-state index contributed by atoms with van der Waals surface area (Å²) < 4.78 is 1.84. The van der Waals surface area contributed by atoms with E-state index < -0.39 is 5.91 Å². The number of benzene rings is 2. The molecule has 5 heteroatoms. The molecule has 1 aliphatic heterocycles. The zero-order chi connectivity index (χ0) is 17.1. The first kappa shape index (κ1) is 13.8. The highest BCUT2D eigenvalue weighted by molar-refractivity contribution is 6.24. The van der Waals surface area contributed by atoms with Crippen molar-refractivity contribution in [2.24, 2.45) is 0 Å². The van der Waals surface area contributed by atoms with E-state index in [0.29, 0.717) is 22.5 Å². The van der Waals surface area contributed by atoms with E-state index in [0.717, 1.165) is 22.0 Å². The number of hydrogen-bond acceptors (Lipinski definition) is 3. The van der Waals surface area contributed by atoms with Crippen LogP contribution in [0.2, 0.25) is 0 Å². The molecule has 0 unspecified atom stereocenters. The SMILES string of the molecule is Nc1ccccc1-c1cc2cc3ccccc3n2c2c1C(=O)NC2=O. The summed E-state index contributed by atoms with van der Waals surface area (Å²) in [6, 6.07) is 19.1. The Kier molecular flexibility index (Phi) is 2.60. The monoisotopic (exact) mass is 327 g/mol. The van der Waals surface area contributed by atoms with Gasteiger partial charge in [0.1, 0.15) is 5.69 Å². The minimum absolute atomic E-state index is 0.363. The maximum Gasteiger partial charge on any atom is 0.275 e. The zero-order valence-electron chi connectivity index (χ0n) is 13.1. The Morgan fingerprint density at radius 1 is 0.840 bits per heavy atom. The molecule has 0 radical (unpaired) electrons. The van der Waals surface area contributed by atoms with Crippen molar-refractivity contribution in [2.45, 2.75) is 0 Å². The molecular weight excluding hydrogens is 314 g/mol. The lowest BCUT2D eigenvalue weighted by Crippen LogP contribution is -2.20. The first-order chi connectivity index (χ1) is 12.1. The van der Waals surface area contributed by atoms with Gasteiger partial charge in [-0.25, -0.2) is 0 Å². The smallest absolute Gasteiger partial charge is 0.275 e. The van der Waals surface area contributed by atoms with E-state index >= 15 is 0 Å². The fourth-order valence-electron chi connectivity index (χ4n) is 3.62. The lowest BCUT2D eigenvalue weighted by Gasteiger charge is -2.11. The summed E-state index contributed by atoms with van der Waals surface area (Å²) in [5.41, 5.74) is 10.6. The highest BCUT2D eigenvalue weighted by Gasteiger charge is 2.33. The molecule has 2 aromatic heterocycles. The average molecular weight is 327 g/mol. The lowest BCUT2D eigenvalue weighted by molar-refractivity contribution is 0.0878. The number of nitrogens with one attached hydrogen (secondary N) is 1. The van der Waals surface area contributed by atoms with E-state index in [2.05, 4.69) is 5.32 Å². The second-order valence-electron chi connectivity index (χ2n) is 6.12. The van der Waals surface area contributed by atoms with Gasteiger partial charge in [0.2, 0.25) is 0 Å². The molecule has 120 valence electrons. The molecule has 3 heterocycles. The van der Waals surface area contributed by atoms with Gasteiger partial charge in [-0.15, -0.1) is 0 Å². The molecule has 3 N–H and O–H groups in total. The Morgan fingerprint density at radius 3 is 2.44 bits per heavy atom. The standard InChI is InChI=1S/C20H13N3O2/c21-15-7-3-2-6-13(15)14-10-12-9-11-5-1-4-8-16(11)23(12)18-17(14)19(24)22-20(18)25/h1-10H,21H2,(H,22,24,25). The average Bonchev–Trinajstić information content (AvgIpc) is 3.12. The molecule has 0 fully saturated rings. The predicted octanol–water partition coefficient (Wildman–Crippen LogP) is 3.23. The van der Waals surface area contributed by atoms with Crippen LogP contribution in [0, 0.1) is 0 Å². The fourth-order valence-corrected chi connectivity index (χ4v) is 3.62. The van der Waals surface area contributed by atoms with E-state index in [1.807, 2.05) is 59.0 Å². The summed E-state index contributed by atoms with van der Waals surface area (Å²) in [7, 11) is 0. The topological polar surface area (TPSA) is 76.6 Å². The van der Waals surface area contributed by atoms with Crippen LogP contribution in [0.1, 0.15) is 20.8 Å². The first-order valence-electron chi connectivity index (χ1n) is 7.93. The Hall–Kier alpha value is -3.60. The maximum atomic E-state index is 12.5. The number of amides is 2. The van der Waals surface area contributed by atoms with Gasteiger partial charge in [-0.2, -0.15) is 0 Å². The number of rotatable bonds is 1. The van der Waals surface area contributed by atoms with E-state index in [4.69, 9.17) is 5.73 Å². The van der Waals surface area contributed by atoms with Crippen LogP contribution in [0.4, 0.5) is 5.69 Å². The second-order valence-corrected chi connectivity index (χ2v) is 6.12. The number of nitrogen functional groups attached to an aromatic ring is 1. The highest BCUT2D eigenvalue weighted by Crippen LogP contribution is 2.36. The summed E-state index contributed by atoms with van der Waals surface area (Å²) >= 11 is 0. The fraction of sp³-hybridized carbons (Fsp3) is 0. The van der Waals surface area contributed by atoms with Gasteiger partial charge in [-0.05, 0) is 24.3 Å². The van der Waals surface area contributed by atoms with Gasteiger partial charge >= 0.3 is 0 Å². The maximum absolute atomic E-state index is 12.5. The lowest BCUT2D eigenvalue weighted by atomic mass is 9.97. The molecule has 5 rings (SSSR count). The number of fused-ring (bicyclic) bond motifs is 5. The normalized spacial score (nSPS) is 13.4. The number of carbonyl (C=O) groups excluding carboxylic acids is 2. The number of aromatic nitrogens is 1. The van der Waals surface area contributed by atoms with E-state index in [9.17, 15) is 9.59 Å². The van der Waals surface area contributed by atoms with Crippen molar-refractivity contribution in [3.63, 3.8) is 0 Å². The van der Waals surface area contributed by atoms with Crippen molar-refractivity contribution in [1.82, 2.24) is 9.72 Å². The number of nitrogens with two attached hydrogens (primary N) is 1. The molecule has 5 nitrogen and oxygen atoms in total. The molecule has 4 aromatic rings. The van der Waals surface area contributed by atoms with Gasteiger partial charge < -0.3 is 10.1 Å². The van der Waals surface area contributed by atoms with Crippen molar-refractivity contribution in [1.29, 1.82) is 0 Å². The number of pyridine rings is 1. The number of hydrogen-bond donors (Lipinski definition) is 2. The largest absolute Gasteiger partial charge is 0.398 e. The second kappa shape index (κ2) is 4.70. The molecule has 1 aliphatic rings. The molecule has 2 amide bonds. The summed E-state index contributed by atoms with van der Waals surface area (Å²) in [5, 5.41) is 3.43. The zero-order valence-corrected chi connectivity index (χ0v) is 13.1. The van der Waals surface area contributed by atoms with Crippen LogP contribution in [0.15, 0.2) is 60.7 Å².